The first-order valence-corrected chi connectivity index (χ1v) is 12.9. The monoisotopic (exact) mass is 502 g/mol. The zero-order valence-electron chi connectivity index (χ0n) is 20.1. The second-order valence-corrected chi connectivity index (χ2v) is 10.1. The molecule has 2 unspecified atom stereocenters. The van der Waals surface area contributed by atoms with E-state index in [1.807, 2.05) is 60.7 Å². The van der Waals surface area contributed by atoms with Gasteiger partial charge in [0.05, 0.1) is 17.8 Å². The first-order chi connectivity index (χ1) is 17.5. The number of amides is 2. The van der Waals surface area contributed by atoms with Gasteiger partial charge in [0.2, 0.25) is 5.91 Å². The van der Waals surface area contributed by atoms with E-state index in [1.54, 1.807) is 6.07 Å². The molecular weight excluding hydrogens is 472 g/mol. The second kappa shape index (κ2) is 11.1. The van der Waals surface area contributed by atoms with E-state index in [2.05, 4.69) is 33.0 Å². The maximum atomic E-state index is 12.9. The maximum absolute atomic E-state index is 12.9. The van der Waals surface area contributed by atoms with Crippen LogP contribution >= 0.6 is 11.6 Å². The average molecular weight is 503 g/mol. The molecule has 36 heavy (non-hydrogen) atoms. The molecule has 2 atom stereocenters. The molecule has 0 aliphatic carbocycles. The van der Waals surface area contributed by atoms with Crippen LogP contribution in [0.3, 0.4) is 0 Å². The molecular formula is C29H31ClN4O2. The molecule has 0 radical (unpaired) electrons. The van der Waals surface area contributed by atoms with Crippen molar-refractivity contribution in [2.75, 3.05) is 11.9 Å². The number of nitrogens with zero attached hydrogens (tertiary/aromatic N) is 1. The van der Waals surface area contributed by atoms with Crippen LogP contribution in [-0.2, 0) is 11.3 Å². The van der Waals surface area contributed by atoms with Crippen LogP contribution in [0.2, 0.25) is 5.02 Å². The number of carbonyl (C=O) groups excluding carboxylic acids is 2. The van der Waals surface area contributed by atoms with Gasteiger partial charge in [-0.25, -0.2) is 0 Å². The Kier molecular flexibility index (Phi) is 7.54. The molecule has 2 amide bonds. The number of nitrogens with one attached hydrogen (secondary N) is 3. The number of para-hydroxylation sites is 2. The molecule has 0 aromatic heterocycles. The molecule has 3 N–H and O–H groups in total. The molecule has 2 aliphatic heterocycles. The molecule has 3 aromatic rings. The predicted octanol–water partition coefficient (Wildman–Crippen LogP) is 5.13. The summed E-state index contributed by atoms with van der Waals surface area (Å²) in [6, 6.07) is 26.1. The first kappa shape index (κ1) is 24.3. The number of fused-ring (bicyclic) bond motifs is 2. The Bertz CT molecular complexity index is 1190. The molecule has 2 aliphatic rings. The van der Waals surface area contributed by atoms with Crippen LogP contribution in [0.25, 0.3) is 0 Å². The minimum Gasteiger partial charge on any atom is -0.355 e. The van der Waals surface area contributed by atoms with Crippen LogP contribution in [-0.4, -0.2) is 41.4 Å². The largest absolute Gasteiger partial charge is 0.355 e. The highest BCUT2D eigenvalue weighted by molar-refractivity contribution is 6.30. The number of hydrogen-bond donors (Lipinski definition) is 3. The van der Waals surface area contributed by atoms with Gasteiger partial charge in [-0.3, -0.25) is 14.5 Å². The van der Waals surface area contributed by atoms with E-state index < -0.39 is 0 Å². The van der Waals surface area contributed by atoms with Gasteiger partial charge in [0.15, 0.2) is 0 Å². The van der Waals surface area contributed by atoms with Gasteiger partial charge in [0.25, 0.3) is 5.91 Å². The van der Waals surface area contributed by atoms with Crippen LogP contribution in [0.4, 0.5) is 11.4 Å². The molecule has 0 spiro atoms. The van der Waals surface area contributed by atoms with E-state index in [1.165, 1.54) is 5.56 Å². The Morgan fingerprint density at radius 3 is 2.25 bits per heavy atom. The van der Waals surface area contributed by atoms with Crippen molar-refractivity contribution in [1.29, 1.82) is 0 Å². The van der Waals surface area contributed by atoms with Crippen molar-refractivity contribution in [3.63, 3.8) is 0 Å². The van der Waals surface area contributed by atoms with Crippen LogP contribution in [0.5, 0.6) is 0 Å². The standard InChI is InChI=1S/C29H31ClN4O2/c30-21-12-10-20(11-13-21)19-34-24-14-15-25(34)17-23(16-24)33-28(35)18-31-29(36)26-8-4-5-9-27(26)32-22-6-2-1-3-7-22/h1-13,23-25,32H,14-19H2,(H,31,36)(H,33,35). The Labute approximate surface area is 217 Å². The van der Waals surface area contributed by atoms with Crippen molar-refractivity contribution >= 4 is 34.8 Å². The van der Waals surface area contributed by atoms with Crippen molar-refractivity contribution in [2.24, 2.45) is 0 Å². The van der Waals surface area contributed by atoms with Crippen molar-refractivity contribution < 1.29 is 9.59 Å². The van der Waals surface area contributed by atoms with Gasteiger partial charge in [-0.1, -0.05) is 54.1 Å². The number of hydrogen-bond acceptors (Lipinski definition) is 4. The second-order valence-electron chi connectivity index (χ2n) is 9.64. The third-order valence-electron chi connectivity index (χ3n) is 7.16. The van der Waals surface area contributed by atoms with Gasteiger partial charge in [-0.15, -0.1) is 0 Å². The van der Waals surface area contributed by atoms with Gasteiger partial charge in [0.1, 0.15) is 0 Å². The zero-order chi connectivity index (χ0) is 24.9. The van der Waals surface area contributed by atoms with E-state index in [0.29, 0.717) is 23.3 Å². The van der Waals surface area contributed by atoms with Gasteiger partial charge in [0, 0.05) is 35.4 Å². The zero-order valence-corrected chi connectivity index (χ0v) is 20.9. The SMILES string of the molecule is O=C(CNC(=O)c1ccccc1Nc1ccccc1)NC1CC2CCC(C1)N2Cc1ccc(Cl)cc1. The van der Waals surface area contributed by atoms with E-state index >= 15 is 0 Å². The molecule has 186 valence electrons. The van der Waals surface area contributed by atoms with E-state index in [-0.39, 0.29) is 24.4 Å². The summed E-state index contributed by atoms with van der Waals surface area (Å²) in [7, 11) is 0. The van der Waals surface area contributed by atoms with Crippen molar-refractivity contribution in [3.05, 3.63) is 95.0 Å². The lowest BCUT2D eigenvalue weighted by molar-refractivity contribution is -0.121. The summed E-state index contributed by atoms with van der Waals surface area (Å²) in [4.78, 5) is 28.1. The third kappa shape index (κ3) is 5.89. The summed E-state index contributed by atoms with van der Waals surface area (Å²) in [5, 5.41) is 9.98. The highest BCUT2D eigenvalue weighted by Gasteiger charge is 2.40. The Morgan fingerprint density at radius 1 is 0.861 bits per heavy atom. The Morgan fingerprint density at radius 2 is 1.53 bits per heavy atom. The number of piperidine rings is 1. The predicted molar refractivity (Wildman–Crippen MR) is 143 cm³/mol. The molecule has 3 aromatic carbocycles. The summed E-state index contributed by atoms with van der Waals surface area (Å²) in [5.74, 6) is -0.422. The summed E-state index contributed by atoms with van der Waals surface area (Å²) in [6.07, 6.45) is 4.19. The molecule has 0 saturated carbocycles. The van der Waals surface area contributed by atoms with Crippen LogP contribution < -0.4 is 16.0 Å². The third-order valence-corrected chi connectivity index (χ3v) is 7.41. The van der Waals surface area contributed by atoms with Crippen LogP contribution in [0, 0.1) is 0 Å². The molecule has 2 bridgehead atoms. The minimum absolute atomic E-state index is 0.0428. The van der Waals surface area contributed by atoms with Crippen LogP contribution in [0.15, 0.2) is 78.9 Å². The maximum Gasteiger partial charge on any atom is 0.253 e. The average Bonchev–Trinajstić information content (AvgIpc) is 3.11. The summed E-state index contributed by atoms with van der Waals surface area (Å²) < 4.78 is 0. The Hall–Kier alpha value is -3.35. The highest BCUT2D eigenvalue weighted by atomic mass is 35.5. The molecule has 7 heteroatoms. The number of anilines is 2. The van der Waals surface area contributed by atoms with Crippen LogP contribution in [0.1, 0.15) is 41.6 Å². The summed E-state index contributed by atoms with van der Waals surface area (Å²) >= 11 is 6.03. The minimum atomic E-state index is -0.276. The molecule has 6 nitrogen and oxygen atoms in total. The van der Waals surface area contributed by atoms with Gasteiger partial charge < -0.3 is 16.0 Å². The summed E-state index contributed by atoms with van der Waals surface area (Å²) in [6.45, 7) is 0.873. The molecule has 5 rings (SSSR count). The van der Waals surface area contributed by atoms with Crippen molar-refractivity contribution in [3.8, 4) is 0 Å². The summed E-state index contributed by atoms with van der Waals surface area (Å²) in [5.41, 5.74) is 3.37. The smallest absolute Gasteiger partial charge is 0.253 e. The quantitative estimate of drug-likeness (QED) is 0.399. The highest BCUT2D eigenvalue weighted by Crippen LogP contribution is 2.37. The van der Waals surface area contributed by atoms with E-state index in [0.717, 1.165) is 42.9 Å². The number of carbonyl (C=O) groups is 2. The fourth-order valence-corrected chi connectivity index (χ4v) is 5.58. The van der Waals surface area contributed by atoms with Gasteiger partial charge >= 0.3 is 0 Å². The Balaban J connectivity index is 1.12. The first-order valence-electron chi connectivity index (χ1n) is 12.5. The van der Waals surface area contributed by atoms with E-state index in [4.69, 9.17) is 11.6 Å². The fourth-order valence-electron chi connectivity index (χ4n) is 5.45. The topological polar surface area (TPSA) is 73.5 Å². The molecule has 2 heterocycles. The lowest BCUT2D eigenvalue weighted by Crippen LogP contribution is -2.51. The number of benzene rings is 3. The lowest BCUT2D eigenvalue weighted by Gasteiger charge is -2.39. The van der Waals surface area contributed by atoms with E-state index in [9.17, 15) is 9.59 Å². The van der Waals surface area contributed by atoms with Gasteiger partial charge in [-0.05, 0) is 67.6 Å². The molecule has 2 saturated heterocycles. The van der Waals surface area contributed by atoms with Crippen molar-refractivity contribution in [1.82, 2.24) is 15.5 Å². The number of rotatable bonds is 8. The fraction of sp³-hybridized carbons (Fsp3) is 0.310. The van der Waals surface area contributed by atoms with Gasteiger partial charge in [-0.2, -0.15) is 0 Å². The lowest BCUT2D eigenvalue weighted by atomic mass is 9.96. The number of halogens is 1. The molecule has 2 fully saturated rings. The van der Waals surface area contributed by atoms with Crippen molar-refractivity contribution in [2.45, 2.75) is 50.4 Å². The normalized spacial score (nSPS) is 21.1.